The number of nitrogens with two attached hydrogens (primary N) is 3. The number of aliphatic imine (C=N–C) groups is 1. The van der Waals surface area contributed by atoms with Gasteiger partial charge in [0.2, 0.25) is 0 Å². The summed E-state index contributed by atoms with van der Waals surface area (Å²) in [5, 5.41) is 2.67. The number of carbonyl (C=O) groups is 1. The van der Waals surface area contributed by atoms with Gasteiger partial charge in [0.1, 0.15) is 0 Å². The number of nitrogens with zero attached hydrogens (tertiary/aromatic N) is 1. The molecule has 0 heterocycles. The van der Waals surface area contributed by atoms with Crippen molar-refractivity contribution in [3.63, 3.8) is 0 Å². The topological polar surface area (TPSA) is 120 Å². The number of hydrogen-bond donors (Lipinski definition) is 4. The minimum Gasteiger partial charge on any atom is -0.384 e. The van der Waals surface area contributed by atoms with E-state index in [1.807, 2.05) is 0 Å². The molecule has 0 aliphatic rings. The highest BCUT2D eigenvalue weighted by Gasteiger charge is 1.98. The summed E-state index contributed by atoms with van der Waals surface area (Å²) < 4.78 is 0. The standard InChI is InChI=1S/C7H15N5O/c1-11-5(6(8)13)3-2-4-12-7(9)10/h3,11H,2,4H2,1H3,(H2,8,13)(H4,9,10,12)/b5-3+. The first-order valence-corrected chi connectivity index (χ1v) is 3.81. The fraction of sp³-hybridized carbons (Fsp3) is 0.429. The van der Waals surface area contributed by atoms with E-state index in [0.29, 0.717) is 18.7 Å². The van der Waals surface area contributed by atoms with E-state index < -0.39 is 5.91 Å². The van der Waals surface area contributed by atoms with Gasteiger partial charge in [-0.2, -0.15) is 0 Å². The second-order valence-corrected chi connectivity index (χ2v) is 2.33. The molecule has 0 bridgehead atoms. The van der Waals surface area contributed by atoms with Crippen molar-refractivity contribution < 1.29 is 4.79 Å². The van der Waals surface area contributed by atoms with Crippen molar-refractivity contribution in [3.8, 4) is 0 Å². The van der Waals surface area contributed by atoms with Crippen LogP contribution in [0, 0.1) is 0 Å². The van der Waals surface area contributed by atoms with Crippen molar-refractivity contribution in [1.82, 2.24) is 5.32 Å². The fourth-order valence-corrected chi connectivity index (χ4v) is 0.728. The predicted octanol–water partition coefficient (Wildman–Crippen LogP) is -1.76. The van der Waals surface area contributed by atoms with E-state index in [1.165, 1.54) is 0 Å². The van der Waals surface area contributed by atoms with Gasteiger partial charge in [0, 0.05) is 13.6 Å². The smallest absolute Gasteiger partial charge is 0.264 e. The van der Waals surface area contributed by atoms with Crippen LogP contribution in [0.1, 0.15) is 6.42 Å². The molecule has 0 radical (unpaired) electrons. The first-order valence-electron chi connectivity index (χ1n) is 3.81. The molecule has 0 unspecified atom stereocenters. The van der Waals surface area contributed by atoms with Crippen molar-refractivity contribution in [3.05, 3.63) is 11.8 Å². The molecule has 74 valence electrons. The van der Waals surface area contributed by atoms with E-state index in [2.05, 4.69) is 10.3 Å². The molecule has 6 heteroatoms. The molecule has 0 aliphatic carbocycles. The van der Waals surface area contributed by atoms with Crippen LogP contribution in [-0.2, 0) is 4.79 Å². The van der Waals surface area contributed by atoms with Crippen molar-refractivity contribution in [2.24, 2.45) is 22.2 Å². The summed E-state index contributed by atoms with van der Waals surface area (Å²) in [6.45, 7) is 0.445. The van der Waals surface area contributed by atoms with Gasteiger partial charge in [-0.3, -0.25) is 9.79 Å². The average molecular weight is 185 g/mol. The zero-order valence-electron chi connectivity index (χ0n) is 7.58. The number of rotatable bonds is 5. The van der Waals surface area contributed by atoms with Crippen LogP contribution in [0.15, 0.2) is 16.8 Å². The Labute approximate surface area is 76.9 Å². The Morgan fingerprint density at radius 3 is 2.46 bits per heavy atom. The number of nitrogens with one attached hydrogen (secondary N) is 1. The highest BCUT2D eigenvalue weighted by molar-refractivity contribution is 5.91. The maximum Gasteiger partial charge on any atom is 0.264 e. The fourth-order valence-electron chi connectivity index (χ4n) is 0.728. The predicted molar refractivity (Wildman–Crippen MR) is 51.6 cm³/mol. The summed E-state index contributed by atoms with van der Waals surface area (Å²) in [5.74, 6) is -0.453. The van der Waals surface area contributed by atoms with Crippen LogP contribution in [0.2, 0.25) is 0 Å². The Morgan fingerprint density at radius 2 is 2.08 bits per heavy atom. The lowest BCUT2D eigenvalue weighted by atomic mass is 10.3. The zero-order valence-corrected chi connectivity index (χ0v) is 7.58. The summed E-state index contributed by atoms with van der Waals surface area (Å²) in [5.41, 5.74) is 15.6. The van der Waals surface area contributed by atoms with E-state index >= 15 is 0 Å². The van der Waals surface area contributed by atoms with Gasteiger partial charge in [-0.05, 0) is 6.42 Å². The summed E-state index contributed by atoms with van der Waals surface area (Å²) >= 11 is 0. The first-order chi connectivity index (χ1) is 6.07. The summed E-state index contributed by atoms with van der Waals surface area (Å²) in [4.78, 5) is 14.4. The third kappa shape index (κ3) is 5.54. The normalized spacial score (nSPS) is 10.7. The van der Waals surface area contributed by atoms with Gasteiger partial charge < -0.3 is 22.5 Å². The second-order valence-electron chi connectivity index (χ2n) is 2.33. The Balaban J connectivity index is 3.95. The molecular formula is C7H15N5O. The summed E-state index contributed by atoms with van der Waals surface area (Å²) in [7, 11) is 1.62. The second kappa shape index (κ2) is 5.87. The molecule has 0 atom stereocenters. The number of guanidine groups is 1. The highest BCUT2D eigenvalue weighted by Crippen LogP contribution is 1.91. The van der Waals surface area contributed by atoms with Crippen LogP contribution in [0.3, 0.4) is 0 Å². The molecule has 0 saturated heterocycles. The monoisotopic (exact) mass is 185 g/mol. The van der Waals surface area contributed by atoms with Crippen LogP contribution in [0.25, 0.3) is 0 Å². The lowest BCUT2D eigenvalue weighted by Crippen LogP contribution is -2.24. The molecule has 7 N–H and O–H groups in total. The van der Waals surface area contributed by atoms with Crippen molar-refractivity contribution in [2.75, 3.05) is 13.6 Å². The number of amides is 1. The molecule has 6 nitrogen and oxygen atoms in total. The molecule has 0 aromatic carbocycles. The zero-order chi connectivity index (χ0) is 10.3. The molecular weight excluding hydrogens is 170 g/mol. The largest absolute Gasteiger partial charge is 0.384 e. The molecule has 0 aliphatic heterocycles. The third-order valence-electron chi connectivity index (χ3n) is 1.31. The highest BCUT2D eigenvalue weighted by atomic mass is 16.1. The Morgan fingerprint density at radius 1 is 1.46 bits per heavy atom. The lowest BCUT2D eigenvalue weighted by Gasteiger charge is -2.00. The number of primary amides is 1. The van der Waals surface area contributed by atoms with Crippen LogP contribution in [-0.4, -0.2) is 25.5 Å². The van der Waals surface area contributed by atoms with Crippen LogP contribution in [0.5, 0.6) is 0 Å². The van der Waals surface area contributed by atoms with Crippen molar-refractivity contribution in [2.45, 2.75) is 6.42 Å². The average Bonchev–Trinajstić information content (AvgIpc) is 2.03. The van der Waals surface area contributed by atoms with Crippen molar-refractivity contribution >= 4 is 11.9 Å². The minimum atomic E-state index is -0.493. The Hall–Kier alpha value is -1.72. The van der Waals surface area contributed by atoms with Gasteiger partial charge in [0.05, 0.1) is 5.70 Å². The number of likely N-dealkylation sites (N-methyl/N-ethyl adjacent to an activating group) is 1. The Bertz CT molecular complexity index is 229. The molecule has 13 heavy (non-hydrogen) atoms. The molecule has 1 amide bonds. The lowest BCUT2D eigenvalue weighted by molar-refractivity contribution is -0.114. The summed E-state index contributed by atoms with van der Waals surface area (Å²) in [6.07, 6.45) is 2.21. The van der Waals surface area contributed by atoms with Gasteiger partial charge in [0.25, 0.3) is 5.91 Å². The minimum absolute atomic E-state index is 0.0403. The number of carbonyl (C=O) groups excluding carboxylic acids is 1. The van der Waals surface area contributed by atoms with E-state index in [1.54, 1.807) is 13.1 Å². The molecule has 0 rings (SSSR count). The van der Waals surface area contributed by atoms with Crippen LogP contribution >= 0.6 is 0 Å². The van der Waals surface area contributed by atoms with Gasteiger partial charge in [-0.25, -0.2) is 0 Å². The first kappa shape index (κ1) is 11.3. The van der Waals surface area contributed by atoms with E-state index in [4.69, 9.17) is 17.2 Å². The summed E-state index contributed by atoms with van der Waals surface area (Å²) in [6, 6.07) is 0. The maximum atomic E-state index is 10.7. The van der Waals surface area contributed by atoms with Crippen molar-refractivity contribution in [1.29, 1.82) is 0 Å². The van der Waals surface area contributed by atoms with Gasteiger partial charge in [-0.15, -0.1) is 0 Å². The molecule has 0 aromatic heterocycles. The molecule has 0 spiro atoms. The van der Waals surface area contributed by atoms with E-state index in [-0.39, 0.29) is 5.96 Å². The SMILES string of the molecule is CN/C(=C/CCN=C(N)N)C(N)=O. The molecule has 0 saturated carbocycles. The van der Waals surface area contributed by atoms with E-state index in [9.17, 15) is 4.79 Å². The van der Waals surface area contributed by atoms with Crippen LogP contribution in [0.4, 0.5) is 0 Å². The quantitative estimate of drug-likeness (QED) is 0.175. The van der Waals surface area contributed by atoms with Gasteiger partial charge >= 0.3 is 0 Å². The van der Waals surface area contributed by atoms with Gasteiger partial charge in [0.15, 0.2) is 5.96 Å². The molecule has 0 aromatic rings. The molecule has 0 fully saturated rings. The third-order valence-corrected chi connectivity index (χ3v) is 1.31. The van der Waals surface area contributed by atoms with Gasteiger partial charge in [-0.1, -0.05) is 6.08 Å². The Kier molecular flexibility index (Phi) is 5.09. The maximum absolute atomic E-state index is 10.7. The van der Waals surface area contributed by atoms with Crippen LogP contribution < -0.4 is 22.5 Å². The van der Waals surface area contributed by atoms with E-state index in [0.717, 1.165) is 0 Å². The number of hydrogen-bond acceptors (Lipinski definition) is 3.